The molecule has 284 valence electrons. The molecule has 0 aliphatic heterocycles. The summed E-state index contributed by atoms with van der Waals surface area (Å²) in [5.41, 5.74) is 4.56. The molecule has 8 heteroatoms. The number of esters is 1. The average Bonchev–Trinajstić information content (AvgIpc) is 3.56. The van der Waals surface area contributed by atoms with Crippen molar-refractivity contribution < 1.29 is 18.4 Å². The number of hydrogen-bond acceptors (Lipinski definition) is 6. The van der Waals surface area contributed by atoms with Crippen molar-refractivity contribution in [2.45, 2.75) is 194 Å². The molecule has 0 aromatic carbocycles. The molecule has 1 aromatic rings. The third-order valence-electron chi connectivity index (χ3n) is 13.6. The van der Waals surface area contributed by atoms with Crippen molar-refractivity contribution in [1.29, 1.82) is 0 Å². The number of ether oxygens (including phenoxy) is 1. The van der Waals surface area contributed by atoms with Gasteiger partial charge in [-0.3, -0.25) is 4.79 Å². The van der Waals surface area contributed by atoms with Gasteiger partial charge in [0.2, 0.25) is 0 Å². The smallest absolute Gasteiger partial charge is 0.303 e. The molecular formula is C42H73NO4SSi2. The lowest BCUT2D eigenvalue weighted by Crippen LogP contribution is -2.48. The Morgan fingerprint density at radius 3 is 2.12 bits per heavy atom. The molecule has 0 radical (unpaired) electrons. The van der Waals surface area contributed by atoms with Crippen LogP contribution in [0.5, 0.6) is 0 Å². The fourth-order valence-corrected chi connectivity index (χ4v) is 12.4. The molecule has 1 heterocycles. The molecule has 3 aliphatic carbocycles. The van der Waals surface area contributed by atoms with Crippen LogP contribution in [0.25, 0.3) is 0 Å². The highest BCUT2D eigenvalue weighted by atomic mass is 32.1. The first-order valence-corrected chi connectivity index (χ1v) is 26.6. The van der Waals surface area contributed by atoms with Gasteiger partial charge < -0.3 is 13.6 Å². The van der Waals surface area contributed by atoms with E-state index in [9.17, 15) is 4.79 Å². The van der Waals surface area contributed by atoms with Gasteiger partial charge in [-0.15, -0.1) is 11.3 Å². The maximum absolute atomic E-state index is 11.9. The maximum Gasteiger partial charge on any atom is 0.303 e. The van der Waals surface area contributed by atoms with Crippen LogP contribution in [0.3, 0.4) is 0 Å². The SMILES string of the molecule is CC(=O)OC(CCC[C@@H](C)[C@H]1CC[C@H]2/C(=C/C=C3C[C@@H](O[Si](C)(C)C(C)(C)C)C[C@H](O[Si](C)(C)C(C)(C)C)C3)CCC[C@]12C)c1nc(C)cs1. The first-order valence-electron chi connectivity index (χ1n) is 19.9. The molecule has 1 unspecified atom stereocenters. The van der Waals surface area contributed by atoms with Gasteiger partial charge in [-0.25, -0.2) is 4.98 Å². The topological polar surface area (TPSA) is 57.7 Å². The van der Waals surface area contributed by atoms with E-state index in [0.29, 0.717) is 17.3 Å². The molecule has 50 heavy (non-hydrogen) atoms. The lowest BCUT2D eigenvalue weighted by molar-refractivity contribution is -0.147. The summed E-state index contributed by atoms with van der Waals surface area (Å²) < 4.78 is 19.9. The Hall–Kier alpha value is -1.07. The molecule has 3 aliphatic rings. The van der Waals surface area contributed by atoms with Crippen LogP contribution in [0.1, 0.15) is 150 Å². The second kappa shape index (κ2) is 16.1. The third-order valence-corrected chi connectivity index (χ3v) is 23.8. The Morgan fingerprint density at radius 1 is 1.00 bits per heavy atom. The van der Waals surface area contributed by atoms with Crippen LogP contribution < -0.4 is 0 Å². The van der Waals surface area contributed by atoms with Gasteiger partial charge in [-0.05, 0) is 131 Å². The monoisotopic (exact) mass is 743 g/mol. The first-order chi connectivity index (χ1) is 23.0. The van der Waals surface area contributed by atoms with Crippen molar-refractivity contribution in [3.8, 4) is 0 Å². The minimum Gasteiger partial charge on any atom is -0.455 e. The zero-order valence-corrected chi connectivity index (χ0v) is 37.3. The fraction of sp³-hybridized carbons (Fsp3) is 0.810. The fourth-order valence-electron chi connectivity index (χ4n) is 8.85. The van der Waals surface area contributed by atoms with Gasteiger partial charge in [0.05, 0.1) is 12.2 Å². The van der Waals surface area contributed by atoms with Crippen molar-refractivity contribution in [3.05, 3.63) is 39.4 Å². The molecule has 3 saturated carbocycles. The molecule has 0 amide bonds. The highest BCUT2D eigenvalue weighted by Gasteiger charge is 2.50. The first kappa shape index (κ1) is 41.7. The molecule has 0 bridgehead atoms. The molecule has 1 aromatic heterocycles. The Labute approximate surface area is 313 Å². The van der Waals surface area contributed by atoms with Crippen molar-refractivity contribution in [3.63, 3.8) is 0 Å². The average molecular weight is 744 g/mol. The van der Waals surface area contributed by atoms with Crippen LogP contribution in [0.15, 0.2) is 28.7 Å². The minimum atomic E-state index is -1.90. The van der Waals surface area contributed by atoms with Crippen molar-refractivity contribution in [2.75, 3.05) is 0 Å². The van der Waals surface area contributed by atoms with Crippen LogP contribution in [0.4, 0.5) is 0 Å². The molecule has 0 saturated heterocycles. The van der Waals surface area contributed by atoms with E-state index in [2.05, 4.69) is 104 Å². The minimum absolute atomic E-state index is 0.194. The Kier molecular flexibility index (Phi) is 13.4. The molecule has 0 N–H and O–H groups in total. The number of thiazole rings is 1. The summed E-state index contributed by atoms with van der Waals surface area (Å²) in [6.45, 7) is 32.3. The summed E-state index contributed by atoms with van der Waals surface area (Å²) in [7, 11) is -3.80. The van der Waals surface area contributed by atoms with Gasteiger partial charge in [0.1, 0.15) is 5.01 Å². The summed E-state index contributed by atoms with van der Waals surface area (Å²) in [6, 6.07) is 0. The summed E-state index contributed by atoms with van der Waals surface area (Å²) in [6.07, 6.45) is 17.9. The highest BCUT2D eigenvalue weighted by molar-refractivity contribution is 7.09. The van der Waals surface area contributed by atoms with Gasteiger partial charge in [0, 0.05) is 18.0 Å². The summed E-state index contributed by atoms with van der Waals surface area (Å²) in [5.74, 6) is 1.84. The van der Waals surface area contributed by atoms with Gasteiger partial charge in [-0.1, -0.05) is 85.1 Å². The molecule has 7 atom stereocenters. The van der Waals surface area contributed by atoms with E-state index in [0.717, 1.165) is 48.7 Å². The van der Waals surface area contributed by atoms with Gasteiger partial charge in [0.25, 0.3) is 0 Å². The van der Waals surface area contributed by atoms with Gasteiger partial charge >= 0.3 is 5.97 Å². The van der Waals surface area contributed by atoms with E-state index in [4.69, 9.17) is 13.6 Å². The van der Waals surface area contributed by atoms with Crippen LogP contribution in [-0.2, 0) is 18.4 Å². The zero-order valence-electron chi connectivity index (χ0n) is 34.5. The van der Waals surface area contributed by atoms with Crippen LogP contribution in [-0.4, -0.2) is 39.8 Å². The van der Waals surface area contributed by atoms with E-state index >= 15 is 0 Å². The highest BCUT2D eigenvalue weighted by Crippen LogP contribution is 2.60. The Balaban J connectivity index is 1.47. The number of carbonyl (C=O) groups excluding carboxylic acids is 1. The van der Waals surface area contributed by atoms with Crippen molar-refractivity contribution >= 4 is 33.9 Å². The maximum atomic E-state index is 11.9. The second-order valence-corrected chi connectivity index (χ2v) is 30.0. The van der Waals surface area contributed by atoms with E-state index in [1.54, 1.807) is 16.9 Å². The summed E-state index contributed by atoms with van der Waals surface area (Å²) in [5, 5.41) is 3.37. The Morgan fingerprint density at radius 2 is 1.60 bits per heavy atom. The molecule has 3 fully saturated rings. The molecule has 5 nitrogen and oxygen atoms in total. The summed E-state index contributed by atoms with van der Waals surface area (Å²) >= 11 is 1.61. The van der Waals surface area contributed by atoms with Gasteiger partial charge in [-0.2, -0.15) is 0 Å². The van der Waals surface area contributed by atoms with Crippen LogP contribution >= 0.6 is 11.3 Å². The molecular weight excluding hydrogens is 671 g/mol. The number of rotatable bonds is 12. The summed E-state index contributed by atoms with van der Waals surface area (Å²) in [4.78, 5) is 16.5. The number of nitrogens with zero attached hydrogens (tertiary/aromatic N) is 1. The van der Waals surface area contributed by atoms with Crippen molar-refractivity contribution in [1.82, 2.24) is 4.98 Å². The second-order valence-electron chi connectivity index (χ2n) is 19.6. The zero-order chi connectivity index (χ0) is 37.3. The molecule has 0 spiro atoms. The largest absolute Gasteiger partial charge is 0.455 e. The lowest BCUT2D eigenvalue weighted by atomic mass is 9.60. The quantitative estimate of drug-likeness (QED) is 0.158. The predicted molar refractivity (Wildman–Crippen MR) is 217 cm³/mol. The number of hydrogen-bond donors (Lipinski definition) is 0. The van der Waals surface area contributed by atoms with Gasteiger partial charge in [0.15, 0.2) is 22.7 Å². The number of fused-ring (bicyclic) bond motifs is 1. The normalized spacial score (nSPS) is 28.8. The number of aromatic nitrogens is 1. The van der Waals surface area contributed by atoms with Crippen LogP contribution in [0, 0.1) is 30.1 Å². The van der Waals surface area contributed by atoms with E-state index < -0.39 is 16.6 Å². The molecule has 4 rings (SSSR count). The standard InChI is InChI=1S/C42H73NO4SSi2/c1-29(17-15-19-38(45-31(3)44)39-43-30(2)28-48-39)36-22-23-37-33(18-16-24-42(36,37)10)21-20-32-25-34(46-49(11,12)40(4,5)6)27-35(26-32)47-50(13,14)41(7,8)9/h20-21,28-29,34-38H,15-19,22-27H2,1-14H3/b33-21+/t29-,34-,35-,36-,37+,38?,42-/m1/s1. The van der Waals surface area contributed by atoms with E-state index in [1.165, 1.54) is 51.0 Å². The van der Waals surface area contributed by atoms with E-state index in [-0.39, 0.29) is 34.4 Å². The third kappa shape index (κ3) is 10.1. The van der Waals surface area contributed by atoms with Crippen LogP contribution in [0.2, 0.25) is 36.3 Å². The number of carbonyl (C=O) groups is 1. The number of aryl methyl sites for hydroxylation is 1. The predicted octanol–water partition coefficient (Wildman–Crippen LogP) is 12.9. The Bertz CT molecular complexity index is 1330. The number of allylic oxidation sites excluding steroid dienone is 3. The lowest BCUT2D eigenvalue weighted by Gasteiger charge is -2.45. The van der Waals surface area contributed by atoms with E-state index in [1.807, 2.05) is 6.92 Å². The van der Waals surface area contributed by atoms with Crippen molar-refractivity contribution in [2.24, 2.45) is 23.2 Å².